The SMILES string of the molecule is C[Si](C)C(=O)NC(C)(C)C. The topological polar surface area (TPSA) is 29.1 Å². The van der Waals surface area contributed by atoms with Gasteiger partial charge in [0.15, 0.2) is 14.3 Å². The van der Waals surface area contributed by atoms with E-state index in [9.17, 15) is 4.79 Å². The zero-order chi connectivity index (χ0) is 8.36. The molecule has 0 rings (SSSR count). The number of amides is 1. The van der Waals surface area contributed by atoms with E-state index in [0.29, 0.717) is 0 Å². The Morgan fingerprint density at radius 2 is 1.70 bits per heavy atom. The lowest BCUT2D eigenvalue weighted by Crippen LogP contribution is -2.44. The highest BCUT2D eigenvalue weighted by Gasteiger charge is 2.16. The summed E-state index contributed by atoms with van der Waals surface area (Å²) in [5, 5.41) is 2.92. The average molecular weight is 158 g/mol. The number of nitrogens with one attached hydrogen (secondary N) is 1. The molecule has 10 heavy (non-hydrogen) atoms. The fourth-order valence-electron chi connectivity index (χ4n) is 0.466. The molecule has 3 heteroatoms. The van der Waals surface area contributed by atoms with Gasteiger partial charge in [-0.25, -0.2) is 0 Å². The van der Waals surface area contributed by atoms with Crippen molar-refractivity contribution >= 4 is 14.3 Å². The number of rotatable bonds is 1. The highest BCUT2D eigenvalue weighted by molar-refractivity contribution is 6.87. The second-order valence-electron chi connectivity index (χ2n) is 3.70. The van der Waals surface area contributed by atoms with Crippen LogP contribution in [0.1, 0.15) is 20.8 Å². The van der Waals surface area contributed by atoms with E-state index in [1.54, 1.807) is 0 Å². The van der Waals surface area contributed by atoms with E-state index in [4.69, 9.17) is 0 Å². The summed E-state index contributed by atoms with van der Waals surface area (Å²) in [5.41, 5.74) is 0.149. The second-order valence-corrected chi connectivity index (χ2v) is 6.16. The number of carbonyl (C=O) groups excluding carboxylic acids is 1. The molecule has 1 radical (unpaired) electrons. The lowest BCUT2D eigenvalue weighted by molar-refractivity contribution is 0.250. The quantitative estimate of drug-likeness (QED) is 0.580. The molecule has 0 heterocycles. The number of carbonyl (C=O) groups is 1. The van der Waals surface area contributed by atoms with Gasteiger partial charge >= 0.3 is 0 Å². The molecule has 0 aromatic rings. The minimum absolute atomic E-state index is 0.0704. The zero-order valence-corrected chi connectivity index (χ0v) is 8.41. The molecule has 0 aromatic heterocycles. The van der Waals surface area contributed by atoms with Gasteiger partial charge in [-0.2, -0.15) is 0 Å². The lowest BCUT2D eigenvalue weighted by atomic mass is 10.1. The van der Waals surface area contributed by atoms with Crippen LogP contribution < -0.4 is 5.32 Å². The summed E-state index contributed by atoms with van der Waals surface area (Å²) in [5.74, 6) is 0. The van der Waals surface area contributed by atoms with Gasteiger partial charge < -0.3 is 5.32 Å². The molecule has 0 atom stereocenters. The van der Waals surface area contributed by atoms with Gasteiger partial charge in [0.25, 0.3) is 0 Å². The largest absolute Gasteiger partial charge is 0.356 e. The van der Waals surface area contributed by atoms with E-state index in [2.05, 4.69) is 5.32 Å². The van der Waals surface area contributed by atoms with Crippen molar-refractivity contribution in [2.45, 2.75) is 39.4 Å². The molecule has 0 aliphatic rings. The van der Waals surface area contributed by atoms with Crippen molar-refractivity contribution in [2.75, 3.05) is 0 Å². The maximum absolute atomic E-state index is 11.1. The molecule has 0 fully saturated rings. The first-order valence-electron chi connectivity index (χ1n) is 3.45. The Morgan fingerprint density at radius 3 is 1.80 bits per heavy atom. The Balaban J connectivity index is 3.81. The predicted octanol–water partition coefficient (Wildman–Crippen LogP) is 1.83. The van der Waals surface area contributed by atoms with Crippen LogP contribution in [0.3, 0.4) is 0 Å². The third-order valence-electron chi connectivity index (χ3n) is 0.943. The maximum Gasteiger partial charge on any atom is 0.190 e. The van der Waals surface area contributed by atoms with Crippen molar-refractivity contribution in [3.63, 3.8) is 0 Å². The summed E-state index contributed by atoms with van der Waals surface area (Å²) in [6.07, 6.45) is 0. The molecular formula is C7H16NOSi. The summed E-state index contributed by atoms with van der Waals surface area (Å²) in [7, 11) is -0.795. The van der Waals surface area contributed by atoms with E-state index in [0.717, 1.165) is 0 Å². The molecule has 0 unspecified atom stereocenters. The van der Waals surface area contributed by atoms with Crippen molar-refractivity contribution in [2.24, 2.45) is 0 Å². The van der Waals surface area contributed by atoms with Crippen LogP contribution in [0.5, 0.6) is 0 Å². The maximum atomic E-state index is 11.1. The number of hydrogen-bond acceptors (Lipinski definition) is 1. The van der Waals surface area contributed by atoms with Gasteiger partial charge in [0, 0.05) is 5.54 Å². The average Bonchev–Trinajstić information content (AvgIpc) is 1.60. The van der Waals surface area contributed by atoms with Crippen molar-refractivity contribution in [3.05, 3.63) is 0 Å². The van der Waals surface area contributed by atoms with E-state index in [-0.39, 0.29) is 11.1 Å². The molecule has 0 aliphatic heterocycles. The third-order valence-corrected chi connectivity index (χ3v) is 1.98. The molecule has 0 spiro atoms. The fraction of sp³-hybridized carbons (Fsp3) is 0.857. The molecule has 59 valence electrons. The van der Waals surface area contributed by atoms with Gasteiger partial charge in [0.05, 0.1) is 0 Å². The summed E-state index contributed by atoms with van der Waals surface area (Å²) < 4.78 is 0. The molecule has 1 N–H and O–H groups in total. The Morgan fingerprint density at radius 1 is 1.30 bits per heavy atom. The van der Waals surface area contributed by atoms with Crippen molar-refractivity contribution in [1.82, 2.24) is 5.32 Å². The Kier molecular flexibility index (Phi) is 3.09. The standard InChI is InChI=1S/C7H16NOSi/c1-7(2,3)8-6(9)10(4)5/h1-5H3,(H,8,9). The van der Waals surface area contributed by atoms with Crippen LogP contribution in [0.2, 0.25) is 13.1 Å². The summed E-state index contributed by atoms with van der Waals surface area (Å²) in [6.45, 7) is 9.97. The first-order chi connectivity index (χ1) is 4.33. The first kappa shape index (κ1) is 9.69. The Bertz CT molecular complexity index is 126. The predicted molar refractivity (Wildman–Crippen MR) is 45.8 cm³/mol. The first-order valence-corrected chi connectivity index (χ1v) is 5.95. The summed E-state index contributed by atoms with van der Waals surface area (Å²) in [6, 6.07) is 0. The minimum Gasteiger partial charge on any atom is -0.356 e. The number of hydrogen-bond donors (Lipinski definition) is 1. The van der Waals surface area contributed by atoms with E-state index < -0.39 is 8.80 Å². The molecule has 0 saturated heterocycles. The minimum atomic E-state index is -0.795. The summed E-state index contributed by atoms with van der Waals surface area (Å²) >= 11 is 0. The third kappa shape index (κ3) is 4.55. The monoisotopic (exact) mass is 158 g/mol. The van der Waals surface area contributed by atoms with Crippen LogP contribution in [0.4, 0.5) is 4.79 Å². The van der Waals surface area contributed by atoms with Crippen LogP contribution in [-0.4, -0.2) is 19.9 Å². The van der Waals surface area contributed by atoms with E-state index in [1.807, 2.05) is 33.9 Å². The van der Waals surface area contributed by atoms with Crippen LogP contribution in [0.15, 0.2) is 0 Å². The zero-order valence-electron chi connectivity index (χ0n) is 7.41. The van der Waals surface area contributed by atoms with Gasteiger partial charge in [0.2, 0.25) is 0 Å². The second kappa shape index (κ2) is 3.19. The lowest BCUT2D eigenvalue weighted by Gasteiger charge is -2.21. The molecule has 0 aromatic carbocycles. The highest BCUT2D eigenvalue weighted by Crippen LogP contribution is 1.99. The fourth-order valence-corrected chi connectivity index (χ4v) is 1.09. The van der Waals surface area contributed by atoms with Gasteiger partial charge in [-0.15, -0.1) is 0 Å². The van der Waals surface area contributed by atoms with Crippen LogP contribution >= 0.6 is 0 Å². The van der Waals surface area contributed by atoms with Gasteiger partial charge in [-0.3, -0.25) is 4.79 Å². The highest BCUT2D eigenvalue weighted by atomic mass is 28.3. The van der Waals surface area contributed by atoms with Crippen molar-refractivity contribution in [3.8, 4) is 0 Å². The Labute approximate surface area is 64.6 Å². The normalized spacial score (nSPS) is 11.8. The molecule has 1 amide bonds. The molecular weight excluding hydrogens is 142 g/mol. The molecule has 0 bridgehead atoms. The Hall–Kier alpha value is -0.313. The van der Waals surface area contributed by atoms with E-state index >= 15 is 0 Å². The van der Waals surface area contributed by atoms with E-state index in [1.165, 1.54) is 0 Å². The molecule has 2 nitrogen and oxygen atoms in total. The molecule has 0 saturated carbocycles. The van der Waals surface area contributed by atoms with Crippen LogP contribution in [0, 0.1) is 0 Å². The summed E-state index contributed by atoms with van der Waals surface area (Å²) in [4.78, 5) is 11.1. The van der Waals surface area contributed by atoms with Gasteiger partial charge in [-0.1, -0.05) is 13.1 Å². The van der Waals surface area contributed by atoms with Gasteiger partial charge in [-0.05, 0) is 20.8 Å². The van der Waals surface area contributed by atoms with Gasteiger partial charge in [0.1, 0.15) is 0 Å². The van der Waals surface area contributed by atoms with Crippen molar-refractivity contribution in [1.29, 1.82) is 0 Å². The van der Waals surface area contributed by atoms with Crippen molar-refractivity contribution < 1.29 is 4.79 Å². The van der Waals surface area contributed by atoms with Crippen LogP contribution in [-0.2, 0) is 0 Å². The smallest absolute Gasteiger partial charge is 0.190 e. The van der Waals surface area contributed by atoms with Crippen LogP contribution in [0.25, 0.3) is 0 Å². The molecule has 0 aliphatic carbocycles.